The van der Waals surface area contributed by atoms with E-state index in [1.54, 1.807) is 0 Å². The lowest BCUT2D eigenvalue weighted by molar-refractivity contribution is 0.0517. The molecule has 6 rings (SSSR count). The van der Waals surface area contributed by atoms with Gasteiger partial charge in [-0.3, -0.25) is 0 Å². The van der Waals surface area contributed by atoms with Crippen LogP contribution in [0, 0.1) is 12.8 Å². The molecule has 3 fully saturated rings. The molecule has 2 amide bonds. The second-order valence-corrected chi connectivity index (χ2v) is 8.92. The normalized spacial score (nSPS) is 23.5. The molecule has 4 atom stereocenters. The average Bonchev–Trinajstić information content (AvgIpc) is 3.31. The third kappa shape index (κ3) is 3.94. The predicted molar refractivity (Wildman–Crippen MR) is 119 cm³/mol. The molecule has 2 aliphatic heterocycles. The molecule has 4 unspecified atom stereocenters. The van der Waals surface area contributed by atoms with Gasteiger partial charge in [0.25, 0.3) is 0 Å². The van der Waals surface area contributed by atoms with Gasteiger partial charge in [-0.1, -0.05) is 60.1 Å². The van der Waals surface area contributed by atoms with Gasteiger partial charge in [0.2, 0.25) is 5.89 Å². The maximum Gasteiger partial charge on any atom is 0.322 e. The van der Waals surface area contributed by atoms with Crippen LogP contribution in [0.3, 0.4) is 0 Å². The number of hydrogen-bond acceptors (Lipinski definition) is 4. The predicted octanol–water partition coefficient (Wildman–Crippen LogP) is 5.33. The lowest BCUT2D eigenvalue weighted by Crippen LogP contribution is -2.55. The van der Waals surface area contributed by atoms with E-state index in [4.69, 9.17) is 9.51 Å². The summed E-state index contributed by atoms with van der Waals surface area (Å²) in [7, 11) is 0. The van der Waals surface area contributed by atoms with Crippen LogP contribution in [0.15, 0.2) is 59.1 Å². The third-order valence-corrected chi connectivity index (χ3v) is 6.80. The number of nitrogens with zero attached hydrogens (tertiary/aromatic N) is 3. The van der Waals surface area contributed by atoms with Crippen LogP contribution in [0.25, 0.3) is 0 Å². The molecule has 2 bridgehead atoms. The molecule has 3 aromatic rings. The average molecular weight is 417 g/mol. The van der Waals surface area contributed by atoms with Crippen molar-refractivity contribution in [1.82, 2.24) is 15.0 Å². The fourth-order valence-electron chi connectivity index (χ4n) is 4.99. The summed E-state index contributed by atoms with van der Waals surface area (Å²) in [6, 6.07) is 18.2. The van der Waals surface area contributed by atoms with Gasteiger partial charge in [-0.15, -0.1) is 0 Å². The van der Waals surface area contributed by atoms with E-state index in [0.717, 1.165) is 31.5 Å². The highest BCUT2D eigenvalue weighted by Gasteiger charge is 2.45. The standard InChI is InChI=1S/C25H28N4O2/c1-16-8-11-20(12-9-16)26-25(30)29-15-18-10-13-22(29)21(14-18)24-27-23(28-31-24)17(2)19-6-4-3-5-7-19/h3-9,11-12,17-18,21-22H,10,13-15H2,1-2H3,(H,26,30). The monoisotopic (exact) mass is 416 g/mol. The second-order valence-electron chi connectivity index (χ2n) is 8.92. The van der Waals surface area contributed by atoms with Gasteiger partial charge >= 0.3 is 6.03 Å². The molecule has 2 saturated heterocycles. The number of amides is 2. The number of carbonyl (C=O) groups excluding carboxylic acids is 1. The van der Waals surface area contributed by atoms with Gasteiger partial charge in [0.15, 0.2) is 5.82 Å². The van der Waals surface area contributed by atoms with Gasteiger partial charge < -0.3 is 14.7 Å². The molecule has 1 aliphatic carbocycles. The Morgan fingerprint density at radius 3 is 2.65 bits per heavy atom. The van der Waals surface area contributed by atoms with Gasteiger partial charge in [-0.25, -0.2) is 4.79 Å². The van der Waals surface area contributed by atoms with Crippen molar-refractivity contribution in [2.75, 3.05) is 11.9 Å². The molecule has 3 heterocycles. The molecule has 160 valence electrons. The van der Waals surface area contributed by atoms with Gasteiger partial charge in [0.1, 0.15) is 0 Å². The molecule has 6 heteroatoms. The van der Waals surface area contributed by atoms with Crippen LogP contribution in [0.5, 0.6) is 0 Å². The van der Waals surface area contributed by atoms with Crippen molar-refractivity contribution in [3.8, 4) is 0 Å². The summed E-state index contributed by atoms with van der Waals surface area (Å²) in [5.74, 6) is 2.01. The van der Waals surface area contributed by atoms with Crippen molar-refractivity contribution in [3.63, 3.8) is 0 Å². The summed E-state index contributed by atoms with van der Waals surface area (Å²) in [6.45, 7) is 4.93. The van der Waals surface area contributed by atoms with Gasteiger partial charge in [-0.05, 0) is 49.8 Å². The Labute approximate surface area is 182 Å². The van der Waals surface area contributed by atoms with Crippen LogP contribution >= 0.6 is 0 Å². The third-order valence-electron chi connectivity index (χ3n) is 6.80. The minimum Gasteiger partial charge on any atom is -0.339 e. The minimum absolute atomic E-state index is 0.0411. The summed E-state index contributed by atoms with van der Waals surface area (Å²) in [4.78, 5) is 19.8. The van der Waals surface area contributed by atoms with E-state index in [2.05, 4.69) is 29.5 Å². The Morgan fingerprint density at radius 1 is 1.13 bits per heavy atom. The van der Waals surface area contributed by atoms with Gasteiger partial charge in [0, 0.05) is 24.2 Å². The fourth-order valence-corrected chi connectivity index (χ4v) is 4.99. The number of nitrogens with one attached hydrogen (secondary N) is 1. The summed E-state index contributed by atoms with van der Waals surface area (Å²) >= 11 is 0. The lowest BCUT2D eigenvalue weighted by atomic mass is 9.72. The first-order valence-corrected chi connectivity index (χ1v) is 11.1. The first kappa shape index (κ1) is 19.8. The highest BCUT2D eigenvalue weighted by molar-refractivity contribution is 5.89. The van der Waals surface area contributed by atoms with Crippen LogP contribution in [-0.4, -0.2) is 33.7 Å². The quantitative estimate of drug-likeness (QED) is 0.624. The Kier molecular flexibility index (Phi) is 5.22. The number of fused-ring (bicyclic) bond motifs is 3. The molecule has 3 aliphatic rings. The largest absolute Gasteiger partial charge is 0.339 e. The number of aryl methyl sites for hydroxylation is 1. The molecule has 0 spiro atoms. The lowest BCUT2D eigenvalue weighted by Gasteiger charge is -2.48. The van der Waals surface area contributed by atoms with Crippen LogP contribution in [0.4, 0.5) is 10.5 Å². The topological polar surface area (TPSA) is 71.3 Å². The number of carbonyl (C=O) groups is 1. The smallest absolute Gasteiger partial charge is 0.322 e. The van der Waals surface area contributed by atoms with E-state index in [1.165, 1.54) is 11.1 Å². The Balaban J connectivity index is 1.33. The zero-order valence-corrected chi connectivity index (χ0v) is 18.0. The van der Waals surface area contributed by atoms with E-state index in [-0.39, 0.29) is 23.9 Å². The Hall–Kier alpha value is -3.15. The number of benzene rings is 2. The van der Waals surface area contributed by atoms with E-state index in [9.17, 15) is 4.79 Å². The van der Waals surface area contributed by atoms with Crippen LogP contribution < -0.4 is 5.32 Å². The van der Waals surface area contributed by atoms with Gasteiger partial charge in [0.05, 0.1) is 5.92 Å². The molecule has 6 nitrogen and oxygen atoms in total. The molecular weight excluding hydrogens is 388 g/mol. The molecule has 0 radical (unpaired) electrons. The first-order valence-electron chi connectivity index (χ1n) is 11.1. The molecule has 31 heavy (non-hydrogen) atoms. The van der Waals surface area contributed by atoms with Crippen molar-refractivity contribution in [1.29, 1.82) is 0 Å². The zero-order chi connectivity index (χ0) is 21.4. The molecule has 2 aromatic carbocycles. The van der Waals surface area contributed by atoms with Gasteiger partial charge in [-0.2, -0.15) is 4.98 Å². The number of aromatic nitrogens is 2. The molecule has 1 saturated carbocycles. The van der Waals surface area contributed by atoms with E-state index in [1.807, 2.05) is 54.3 Å². The second kappa shape index (κ2) is 8.17. The number of piperidine rings is 2. The Morgan fingerprint density at radius 2 is 1.90 bits per heavy atom. The minimum atomic E-state index is -0.0411. The summed E-state index contributed by atoms with van der Waals surface area (Å²) in [5.41, 5.74) is 3.16. The maximum atomic E-state index is 13.1. The summed E-state index contributed by atoms with van der Waals surface area (Å²) in [5, 5.41) is 7.35. The van der Waals surface area contributed by atoms with Crippen molar-refractivity contribution in [2.24, 2.45) is 5.92 Å². The highest BCUT2D eigenvalue weighted by Crippen LogP contribution is 2.44. The van der Waals surface area contributed by atoms with Crippen molar-refractivity contribution in [2.45, 2.75) is 51.0 Å². The van der Waals surface area contributed by atoms with Crippen LogP contribution in [-0.2, 0) is 0 Å². The molecule has 1 aromatic heterocycles. The van der Waals surface area contributed by atoms with E-state index in [0.29, 0.717) is 17.6 Å². The fraction of sp³-hybridized carbons (Fsp3) is 0.400. The number of anilines is 1. The van der Waals surface area contributed by atoms with Crippen LogP contribution in [0.1, 0.15) is 60.9 Å². The zero-order valence-electron chi connectivity index (χ0n) is 18.0. The van der Waals surface area contributed by atoms with E-state index < -0.39 is 0 Å². The Bertz CT molecular complexity index is 1050. The SMILES string of the molecule is Cc1ccc(NC(=O)N2CC3CCC2C(c2nc(C(C)c4ccccc4)no2)C3)cc1. The van der Waals surface area contributed by atoms with Crippen LogP contribution in [0.2, 0.25) is 0 Å². The molecular formula is C25H28N4O2. The molecule has 1 N–H and O–H groups in total. The first-order chi connectivity index (χ1) is 15.1. The number of urea groups is 1. The van der Waals surface area contributed by atoms with Crippen molar-refractivity contribution in [3.05, 3.63) is 77.4 Å². The highest BCUT2D eigenvalue weighted by atomic mass is 16.5. The number of hydrogen-bond donors (Lipinski definition) is 1. The summed E-state index contributed by atoms with van der Waals surface area (Å²) in [6.07, 6.45) is 3.12. The van der Waals surface area contributed by atoms with Crippen molar-refractivity contribution >= 4 is 11.7 Å². The summed E-state index contributed by atoms with van der Waals surface area (Å²) < 4.78 is 5.74. The maximum absolute atomic E-state index is 13.1. The van der Waals surface area contributed by atoms with Crippen molar-refractivity contribution < 1.29 is 9.32 Å². The number of rotatable bonds is 4. The van der Waals surface area contributed by atoms with E-state index >= 15 is 0 Å².